The van der Waals surface area contributed by atoms with Crippen molar-refractivity contribution in [2.24, 2.45) is 0 Å². The molecule has 28 heavy (non-hydrogen) atoms. The molecule has 1 atom stereocenters. The SMILES string of the molecule is CCc1ccccc1NC(=O)COC(=O)CC(NC(C)=O)c1ccc(C)cc1. The molecule has 6 nitrogen and oxygen atoms in total. The van der Waals surface area contributed by atoms with E-state index in [0.29, 0.717) is 5.69 Å². The highest BCUT2D eigenvalue weighted by Crippen LogP contribution is 2.19. The zero-order valence-corrected chi connectivity index (χ0v) is 16.5. The molecule has 0 aliphatic heterocycles. The molecule has 2 N–H and O–H groups in total. The van der Waals surface area contributed by atoms with E-state index in [4.69, 9.17) is 4.74 Å². The standard InChI is InChI=1S/C22H26N2O4/c1-4-17-7-5-6-8-19(17)24-21(26)14-28-22(27)13-20(23-16(3)25)18-11-9-15(2)10-12-18/h5-12,20H,4,13-14H2,1-3H3,(H,23,25)(H,24,26). The highest BCUT2D eigenvalue weighted by Gasteiger charge is 2.19. The zero-order chi connectivity index (χ0) is 20.5. The summed E-state index contributed by atoms with van der Waals surface area (Å²) in [5.74, 6) is -1.20. The molecule has 0 aliphatic carbocycles. The number of rotatable bonds is 8. The van der Waals surface area contributed by atoms with Gasteiger partial charge in [0.25, 0.3) is 5.91 Å². The molecular formula is C22H26N2O4. The molecule has 2 rings (SSSR count). The summed E-state index contributed by atoms with van der Waals surface area (Å²) in [6, 6.07) is 14.5. The normalized spacial score (nSPS) is 11.4. The van der Waals surface area contributed by atoms with Gasteiger partial charge in [-0.25, -0.2) is 0 Å². The van der Waals surface area contributed by atoms with Gasteiger partial charge in [0.15, 0.2) is 6.61 Å². The molecule has 0 heterocycles. The number of para-hydroxylation sites is 1. The van der Waals surface area contributed by atoms with Crippen LogP contribution >= 0.6 is 0 Å². The number of carbonyl (C=O) groups is 3. The molecule has 148 valence electrons. The van der Waals surface area contributed by atoms with Crippen molar-refractivity contribution in [2.45, 2.75) is 39.7 Å². The molecule has 0 spiro atoms. The quantitative estimate of drug-likeness (QED) is 0.686. The number of carbonyl (C=O) groups excluding carboxylic acids is 3. The van der Waals surface area contributed by atoms with Crippen LogP contribution in [0.1, 0.15) is 43.0 Å². The second-order valence-corrected chi connectivity index (χ2v) is 6.59. The Labute approximate surface area is 165 Å². The van der Waals surface area contributed by atoms with Crippen molar-refractivity contribution in [3.63, 3.8) is 0 Å². The zero-order valence-electron chi connectivity index (χ0n) is 16.5. The van der Waals surface area contributed by atoms with Gasteiger partial charge in [-0.15, -0.1) is 0 Å². The van der Waals surface area contributed by atoms with Gasteiger partial charge in [0.1, 0.15) is 0 Å². The predicted octanol–water partition coefficient (Wildman–Crippen LogP) is 3.31. The van der Waals surface area contributed by atoms with Crippen molar-refractivity contribution < 1.29 is 19.1 Å². The maximum Gasteiger partial charge on any atom is 0.308 e. The molecule has 0 bridgehead atoms. The molecule has 6 heteroatoms. The van der Waals surface area contributed by atoms with E-state index in [2.05, 4.69) is 10.6 Å². The molecule has 0 aliphatic rings. The smallest absolute Gasteiger partial charge is 0.308 e. The van der Waals surface area contributed by atoms with Crippen LogP contribution in [-0.2, 0) is 25.5 Å². The second kappa shape index (κ2) is 10.3. The number of anilines is 1. The fourth-order valence-electron chi connectivity index (χ4n) is 2.80. The molecule has 0 radical (unpaired) electrons. The summed E-state index contributed by atoms with van der Waals surface area (Å²) < 4.78 is 5.10. The average Bonchev–Trinajstić information content (AvgIpc) is 2.66. The van der Waals surface area contributed by atoms with Gasteiger partial charge in [-0.1, -0.05) is 55.0 Å². The Balaban J connectivity index is 1.92. The van der Waals surface area contributed by atoms with Crippen LogP contribution in [0.5, 0.6) is 0 Å². The lowest BCUT2D eigenvalue weighted by molar-refractivity contribution is -0.148. The Bertz CT molecular complexity index is 831. The van der Waals surface area contributed by atoms with E-state index in [1.54, 1.807) is 0 Å². The van der Waals surface area contributed by atoms with E-state index in [0.717, 1.165) is 23.1 Å². The number of ether oxygens (including phenoxy) is 1. The maximum atomic E-state index is 12.2. The summed E-state index contributed by atoms with van der Waals surface area (Å²) in [4.78, 5) is 35.8. The third-order valence-corrected chi connectivity index (χ3v) is 4.26. The Kier molecular flexibility index (Phi) is 7.75. The average molecular weight is 382 g/mol. The van der Waals surface area contributed by atoms with Crippen molar-refractivity contribution in [2.75, 3.05) is 11.9 Å². The highest BCUT2D eigenvalue weighted by molar-refractivity contribution is 5.93. The first-order chi connectivity index (χ1) is 13.4. The molecule has 0 aromatic heterocycles. The van der Waals surface area contributed by atoms with E-state index in [9.17, 15) is 14.4 Å². The second-order valence-electron chi connectivity index (χ2n) is 6.59. The molecule has 2 aromatic rings. The van der Waals surface area contributed by atoms with Crippen LogP contribution in [0.25, 0.3) is 0 Å². The van der Waals surface area contributed by atoms with Crippen molar-refractivity contribution in [1.82, 2.24) is 5.32 Å². The fraction of sp³-hybridized carbons (Fsp3) is 0.318. The number of aryl methyl sites for hydroxylation is 2. The van der Waals surface area contributed by atoms with Crippen LogP contribution in [0.3, 0.4) is 0 Å². The lowest BCUT2D eigenvalue weighted by Crippen LogP contribution is -2.29. The van der Waals surface area contributed by atoms with Gasteiger partial charge in [-0.2, -0.15) is 0 Å². The van der Waals surface area contributed by atoms with E-state index in [-0.39, 0.29) is 18.9 Å². The van der Waals surface area contributed by atoms with Crippen molar-refractivity contribution in [3.8, 4) is 0 Å². The van der Waals surface area contributed by atoms with Crippen molar-refractivity contribution in [3.05, 3.63) is 65.2 Å². The molecule has 0 saturated heterocycles. The Morgan fingerprint density at radius 3 is 2.36 bits per heavy atom. The lowest BCUT2D eigenvalue weighted by atomic mass is 10.0. The van der Waals surface area contributed by atoms with Crippen molar-refractivity contribution >= 4 is 23.5 Å². The first kappa shape index (κ1) is 21.2. The van der Waals surface area contributed by atoms with E-state index in [1.165, 1.54) is 6.92 Å². The van der Waals surface area contributed by atoms with Crippen LogP contribution in [-0.4, -0.2) is 24.4 Å². The van der Waals surface area contributed by atoms with Crippen molar-refractivity contribution in [1.29, 1.82) is 0 Å². The Morgan fingerprint density at radius 1 is 1.04 bits per heavy atom. The predicted molar refractivity (Wildman–Crippen MR) is 108 cm³/mol. The number of hydrogen-bond acceptors (Lipinski definition) is 4. The first-order valence-corrected chi connectivity index (χ1v) is 9.26. The number of esters is 1. The van der Waals surface area contributed by atoms with Gasteiger partial charge in [0.2, 0.25) is 5.91 Å². The summed E-state index contributed by atoms with van der Waals surface area (Å²) in [5, 5.41) is 5.50. The fourth-order valence-corrected chi connectivity index (χ4v) is 2.80. The summed E-state index contributed by atoms with van der Waals surface area (Å²) >= 11 is 0. The van der Waals surface area contributed by atoms with Gasteiger partial charge in [-0.3, -0.25) is 14.4 Å². The largest absolute Gasteiger partial charge is 0.455 e. The minimum absolute atomic E-state index is 0.0541. The van der Waals surface area contributed by atoms with Crippen LogP contribution < -0.4 is 10.6 Å². The third-order valence-electron chi connectivity index (χ3n) is 4.26. The summed E-state index contributed by atoms with van der Waals surface area (Å²) in [7, 11) is 0. The van der Waals surface area contributed by atoms with E-state index in [1.807, 2.05) is 62.4 Å². The number of nitrogens with one attached hydrogen (secondary N) is 2. The molecule has 0 fully saturated rings. The molecule has 2 amide bonds. The highest BCUT2D eigenvalue weighted by atomic mass is 16.5. The monoisotopic (exact) mass is 382 g/mol. The lowest BCUT2D eigenvalue weighted by Gasteiger charge is -2.18. The minimum atomic E-state index is -0.557. The van der Waals surface area contributed by atoms with E-state index < -0.39 is 17.9 Å². The summed E-state index contributed by atoms with van der Waals surface area (Å²) in [6.45, 7) is 4.97. The number of amides is 2. The third kappa shape index (κ3) is 6.54. The molecule has 0 saturated carbocycles. The summed E-state index contributed by atoms with van der Waals surface area (Å²) in [6.07, 6.45) is 0.729. The van der Waals surface area contributed by atoms with Crippen LogP contribution in [0, 0.1) is 6.92 Å². The molecular weight excluding hydrogens is 356 g/mol. The van der Waals surface area contributed by atoms with E-state index >= 15 is 0 Å². The van der Waals surface area contributed by atoms with Crippen LogP contribution in [0.2, 0.25) is 0 Å². The van der Waals surface area contributed by atoms with Gasteiger partial charge < -0.3 is 15.4 Å². The van der Waals surface area contributed by atoms with Crippen LogP contribution in [0.15, 0.2) is 48.5 Å². The molecule has 1 unspecified atom stereocenters. The van der Waals surface area contributed by atoms with Gasteiger partial charge >= 0.3 is 5.97 Å². The number of hydrogen-bond donors (Lipinski definition) is 2. The summed E-state index contributed by atoms with van der Waals surface area (Å²) in [5.41, 5.74) is 3.60. The minimum Gasteiger partial charge on any atom is -0.455 e. The van der Waals surface area contributed by atoms with Gasteiger partial charge in [0, 0.05) is 12.6 Å². The number of benzene rings is 2. The van der Waals surface area contributed by atoms with Gasteiger partial charge in [0.05, 0.1) is 12.5 Å². The Hall–Kier alpha value is -3.15. The maximum absolute atomic E-state index is 12.2. The topological polar surface area (TPSA) is 84.5 Å². The Morgan fingerprint density at radius 2 is 1.71 bits per heavy atom. The molecule has 2 aromatic carbocycles. The first-order valence-electron chi connectivity index (χ1n) is 9.26. The van der Waals surface area contributed by atoms with Crippen LogP contribution in [0.4, 0.5) is 5.69 Å². The van der Waals surface area contributed by atoms with Gasteiger partial charge in [-0.05, 0) is 30.5 Å².